The van der Waals surface area contributed by atoms with Gasteiger partial charge in [-0.2, -0.15) is 0 Å². The maximum Gasteiger partial charge on any atom is 0.236 e. The number of carbonyl (C=O) groups is 2. The molecule has 0 bridgehead atoms. The molecule has 20 heavy (non-hydrogen) atoms. The fraction of sp³-hybridized carbons (Fsp3) is 0.467. The van der Waals surface area contributed by atoms with Gasteiger partial charge in [-0.05, 0) is 6.92 Å². The first kappa shape index (κ1) is 14.7. The number of rotatable bonds is 4. The van der Waals surface area contributed by atoms with Gasteiger partial charge in [0.25, 0.3) is 0 Å². The summed E-state index contributed by atoms with van der Waals surface area (Å²) in [5, 5.41) is 0. The Balaban J connectivity index is 1.85. The van der Waals surface area contributed by atoms with Crippen LogP contribution < -0.4 is 5.73 Å². The number of aryl methyl sites for hydroxylation is 1. The van der Waals surface area contributed by atoms with Crippen LogP contribution in [0.2, 0.25) is 0 Å². The summed E-state index contributed by atoms with van der Waals surface area (Å²) >= 11 is 0. The van der Waals surface area contributed by atoms with Crippen LogP contribution in [0.1, 0.15) is 15.9 Å². The first-order chi connectivity index (χ1) is 9.60. The van der Waals surface area contributed by atoms with Crippen molar-refractivity contribution < 1.29 is 9.59 Å². The summed E-state index contributed by atoms with van der Waals surface area (Å²) in [6, 6.07) is 7.63. The van der Waals surface area contributed by atoms with Crippen molar-refractivity contribution in [3.05, 3.63) is 35.4 Å². The predicted molar refractivity (Wildman–Crippen MR) is 77.6 cm³/mol. The van der Waals surface area contributed by atoms with Gasteiger partial charge in [0.15, 0.2) is 5.78 Å². The van der Waals surface area contributed by atoms with E-state index in [2.05, 4.69) is 4.90 Å². The fourth-order valence-electron chi connectivity index (χ4n) is 2.32. The van der Waals surface area contributed by atoms with Crippen molar-refractivity contribution in [1.82, 2.24) is 9.80 Å². The maximum atomic E-state index is 12.2. The van der Waals surface area contributed by atoms with Crippen LogP contribution in [0.25, 0.3) is 0 Å². The van der Waals surface area contributed by atoms with Crippen molar-refractivity contribution in [3.8, 4) is 0 Å². The number of ketones is 1. The first-order valence-corrected chi connectivity index (χ1v) is 6.90. The molecule has 0 spiro atoms. The Morgan fingerprint density at radius 1 is 1.10 bits per heavy atom. The lowest BCUT2D eigenvalue weighted by atomic mass is 10.1. The molecule has 2 rings (SSSR count). The Bertz CT molecular complexity index is 476. The second-order valence-corrected chi connectivity index (χ2v) is 5.15. The summed E-state index contributed by atoms with van der Waals surface area (Å²) in [5.74, 6) is 0.109. The van der Waals surface area contributed by atoms with Gasteiger partial charge in [-0.25, -0.2) is 0 Å². The van der Waals surface area contributed by atoms with Crippen molar-refractivity contribution in [2.24, 2.45) is 5.73 Å². The van der Waals surface area contributed by atoms with E-state index < -0.39 is 0 Å². The standard InChI is InChI=1S/C15H21N3O2/c1-12-2-4-13(5-3-12)14(19)11-17-6-8-18(9-7-17)15(20)10-16/h2-5H,6-11,16H2,1H3. The molecule has 0 atom stereocenters. The van der Waals surface area contributed by atoms with E-state index in [-0.39, 0.29) is 18.2 Å². The largest absolute Gasteiger partial charge is 0.339 e. The number of nitrogens with two attached hydrogens (primary N) is 1. The van der Waals surface area contributed by atoms with E-state index in [9.17, 15) is 9.59 Å². The van der Waals surface area contributed by atoms with E-state index in [0.717, 1.165) is 24.2 Å². The summed E-state index contributed by atoms with van der Waals surface area (Å²) in [6.07, 6.45) is 0. The second kappa shape index (κ2) is 6.63. The van der Waals surface area contributed by atoms with Crippen LogP contribution in [0.3, 0.4) is 0 Å². The van der Waals surface area contributed by atoms with Crippen LogP contribution in [0.5, 0.6) is 0 Å². The Labute approximate surface area is 119 Å². The predicted octanol–water partition coefficient (Wildman–Crippen LogP) is 0.281. The van der Waals surface area contributed by atoms with E-state index >= 15 is 0 Å². The molecule has 0 saturated carbocycles. The van der Waals surface area contributed by atoms with Gasteiger partial charge >= 0.3 is 0 Å². The zero-order valence-electron chi connectivity index (χ0n) is 11.8. The van der Waals surface area contributed by atoms with Crippen LogP contribution in [0.4, 0.5) is 0 Å². The molecule has 1 aliphatic rings. The van der Waals surface area contributed by atoms with Crippen molar-refractivity contribution in [1.29, 1.82) is 0 Å². The number of Topliss-reactive ketones (excluding diaryl/α,β-unsaturated/α-hetero) is 1. The Hall–Kier alpha value is -1.72. The first-order valence-electron chi connectivity index (χ1n) is 6.90. The SMILES string of the molecule is Cc1ccc(C(=O)CN2CCN(C(=O)CN)CC2)cc1. The molecule has 1 saturated heterocycles. The average Bonchev–Trinajstić information content (AvgIpc) is 2.48. The van der Waals surface area contributed by atoms with E-state index in [4.69, 9.17) is 5.73 Å². The third-order valence-electron chi connectivity index (χ3n) is 3.64. The van der Waals surface area contributed by atoms with Crippen molar-refractivity contribution in [3.63, 3.8) is 0 Å². The van der Waals surface area contributed by atoms with Crippen LogP contribution in [0.15, 0.2) is 24.3 Å². The van der Waals surface area contributed by atoms with Crippen molar-refractivity contribution >= 4 is 11.7 Å². The Morgan fingerprint density at radius 2 is 1.70 bits per heavy atom. The Morgan fingerprint density at radius 3 is 2.25 bits per heavy atom. The molecule has 1 aromatic rings. The zero-order chi connectivity index (χ0) is 14.5. The second-order valence-electron chi connectivity index (χ2n) is 5.15. The summed E-state index contributed by atoms with van der Waals surface area (Å²) < 4.78 is 0. The summed E-state index contributed by atoms with van der Waals surface area (Å²) in [7, 11) is 0. The maximum absolute atomic E-state index is 12.2. The van der Waals surface area contributed by atoms with Gasteiger partial charge in [-0.1, -0.05) is 29.8 Å². The normalized spacial score (nSPS) is 16.2. The molecule has 108 valence electrons. The Kier molecular flexibility index (Phi) is 4.87. The third kappa shape index (κ3) is 3.65. The molecule has 0 unspecified atom stereocenters. The van der Waals surface area contributed by atoms with Crippen LogP contribution in [-0.2, 0) is 4.79 Å². The lowest BCUT2D eigenvalue weighted by Crippen LogP contribution is -2.51. The molecule has 1 heterocycles. The average molecular weight is 275 g/mol. The summed E-state index contributed by atoms with van der Waals surface area (Å²) in [6.45, 7) is 5.22. The molecule has 1 amide bonds. The highest BCUT2D eigenvalue weighted by Gasteiger charge is 2.21. The van der Waals surface area contributed by atoms with E-state index in [1.54, 1.807) is 4.90 Å². The van der Waals surface area contributed by atoms with Crippen LogP contribution >= 0.6 is 0 Å². The molecular weight excluding hydrogens is 254 g/mol. The van der Waals surface area contributed by atoms with Gasteiger partial charge in [0, 0.05) is 31.7 Å². The minimum absolute atomic E-state index is 0.0190. The van der Waals surface area contributed by atoms with E-state index in [0.29, 0.717) is 19.6 Å². The highest BCUT2D eigenvalue weighted by molar-refractivity contribution is 5.97. The van der Waals surface area contributed by atoms with Crippen molar-refractivity contribution in [2.75, 3.05) is 39.3 Å². The van der Waals surface area contributed by atoms with Gasteiger partial charge in [0.1, 0.15) is 0 Å². The van der Waals surface area contributed by atoms with Gasteiger partial charge < -0.3 is 10.6 Å². The van der Waals surface area contributed by atoms with Crippen LogP contribution in [0, 0.1) is 6.92 Å². The van der Waals surface area contributed by atoms with E-state index in [1.807, 2.05) is 31.2 Å². The lowest BCUT2D eigenvalue weighted by molar-refractivity contribution is -0.131. The summed E-state index contributed by atoms with van der Waals surface area (Å²) in [5.41, 5.74) is 7.24. The van der Waals surface area contributed by atoms with Crippen LogP contribution in [-0.4, -0.2) is 60.8 Å². The molecule has 1 fully saturated rings. The third-order valence-corrected chi connectivity index (χ3v) is 3.64. The number of hydrogen-bond acceptors (Lipinski definition) is 4. The molecule has 0 radical (unpaired) electrons. The smallest absolute Gasteiger partial charge is 0.236 e. The molecule has 0 aliphatic carbocycles. The molecule has 1 aromatic carbocycles. The summed E-state index contributed by atoms with van der Waals surface area (Å²) in [4.78, 5) is 27.5. The molecular formula is C15H21N3O2. The zero-order valence-corrected chi connectivity index (χ0v) is 11.8. The van der Waals surface area contributed by atoms with Crippen molar-refractivity contribution in [2.45, 2.75) is 6.92 Å². The topological polar surface area (TPSA) is 66.6 Å². The molecule has 1 aliphatic heterocycles. The molecule has 0 aromatic heterocycles. The van der Waals surface area contributed by atoms with Gasteiger partial charge in [-0.3, -0.25) is 14.5 Å². The monoisotopic (exact) mass is 275 g/mol. The lowest BCUT2D eigenvalue weighted by Gasteiger charge is -2.34. The number of benzene rings is 1. The van der Waals surface area contributed by atoms with Gasteiger partial charge in [0.05, 0.1) is 13.1 Å². The number of piperazine rings is 1. The molecule has 5 heteroatoms. The minimum atomic E-state index is -0.0190. The number of nitrogens with zero attached hydrogens (tertiary/aromatic N) is 2. The highest BCUT2D eigenvalue weighted by Crippen LogP contribution is 2.07. The van der Waals surface area contributed by atoms with Gasteiger partial charge in [-0.15, -0.1) is 0 Å². The molecule has 2 N–H and O–H groups in total. The van der Waals surface area contributed by atoms with Gasteiger partial charge in [0.2, 0.25) is 5.91 Å². The highest BCUT2D eigenvalue weighted by atomic mass is 16.2. The molecule has 5 nitrogen and oxygen atoms in total. The minimum Gasteiger partial charge on any atom is -0.339 e. The quantitative estimate of drug-likeness (QED) is 0.802. The van der Waals surface area contributed by atoms with E-state index in [1.165, 1.54) is 0 Å². The fourth-order valence-corrected chi connectivity index (χ4v) is 2.32. The number of carbonyl (C=O) groups excluding carboxylic acids is 2. The number of hydrogen-bond donors (Lipinski definition) is 1. The number of amides is 1.